The smallest absolute Gasteiger partial charge is 0.124 e. The maximum atomic E-state index is 13.0. The molecule has 1 fully saturated rings. The normalized spacial score (nSPS) is 17.8. The first-order chi connectivity index (χ1) is 8.19. The summed E-state index contributed by atoms with van der Waals surface area (Å²) < 4.78 is 13.8. The molecular weight excluding hydrogens is 283 g/mol. The topological polar surface area (TPSA) is 38.0 Å². The van der Waals surface area contributed by atoms with E-state index in [0.29, 0.717) is 0 Å². The number of nitrogens with two attached hydrogens (primary N) is 1. The van der Waals surface area contributed by atoms with Crippen LogP contribution in [0.1, 0.15) is 31.2 Å². The molecule has 0 heterocycles. The Balaban J connectivity index is 1.96. The zero-order chi connectivity index (χ0) is 12.3. The Bertz CT molecular complexity index is 380. The molecule has 0 aliphatic heterocycles. The van der Waals surface area contributed by atoms with E-state index >= 15 is 0 Å². The van der Waals surface area contributed by atoms with E-state index in [1.807, 2.05) is 6.07 Å². The van der Waals surface area contributed by atoms with Crippen LogP contribution in [0.15, 0.2) is 22.7 Å². The molecule has 1 aromatic carbocycles. The molecule has 3 N–H and O–H groups in total. The van der Waals surface area contributed by atoms with Gasteiger partial charge in [-0.15, -0.1) is 0 Å². The van der Waals surface area contributed by atoms with Crippen molar-refractivity contribution in [2.45, 2.75) is 38.1 Å². The third-order valence-electron chi connectivity index (χ3n) is 3.56. The zero-order valence-electron chi connectivity index (χ0n) is 9.76. The SMILES string of the molecule is NNC(Cc1ccc(F)cc1Br)CC1CCC1. The summed E-state index contributed by atoms with van der Waals surface area (Å²) in [6.45, 7) is 0. The molecular formula is C13H18BrFN2. The average molecular weight is 301 g/mol. The van der Waals surface area contributed by atoms with Gasteiger partial charge in [0.2, 0.25) is 0 Å². The quantitative estimate of drug-likeness (QED) is 0.647. The van der Waals surface area contributed by atoms with Gasteiger partial charge in [-0.1, -0.05) is 41.3 Å². The van der Waals surface area contributed by atoms with Gasteiger partial charge in [-0.3, -0.25) is 11.3 Å². The fourth-order valence-corrected chi connectivity index (χ4v) is 2.81. The van der Waals surface area contributed by atoms with E-state index in [-0.39, 0.29) is 11.9 Å². The van der Waals surface area contributed by atoms with Crippen molar-refractivity contribution in [3.8, 4) is 0 Å². The number of hydrogen-bond donors (Lipinski definition) is 2. The number of nitrogens with one attached hydrogen (secondary N) is 1. The highest BCUT2D eigenvalue weighted by Gasteiger charge is 2.22. The van der Waals surface area contributed by atoms with Crippen molar-refractivity contribution in [3.05, 3.63) is 34.1 Å². The molecule has 2 rings (SSSR count). The molecule has 0 bridgehead atoms. The minimum atomic E-state index is -0.211. The summed E-state index contributed by atoms with van der Waals surface area (Å²) in [4.78, 5) is 0. The summed E-state index contributed by atoms with van der Waals surface area (Å²) in [5.41, 5.74) is 3.98. The van der Waals surface area contributed by atoms with Gasteiger partial charge < -0.3 is 0 Å². The molecule has 1 aliphatic carbocycles. The van der Waals surface area contributed by atoms with Crippen LogP contribution in [0.5, 0.6) is 0 Å². The first-order valence-electron chi connectivity index (χ1n) is 6.09. The standard InChI is InChI=1S/C13H18BrFN2/c14-13-8-11(15)5-4-10(13)7-12(17-16)6-9-2-1-3-9/h4-5,8-9,12,17H,1-3,6-7,16H2. The van der Waals surface area contributed by atoms with E-state index in [4.69, 9.17) is 5.84 Å². The lowest BCUT2D eigenvalue weighted by atomic mass is 9.80. The molecule has 0 spiro atoms. The summed E-state index contributed by atoms with van der Waals surface area (Å²) in [6, 6.07) is 5.11. The molecule has 0 saturated heterocycles. The van der Waals surface area contributed by atoms with Gasteiger partial charge in [-0.25, -0.2) is 4.39 Å². The molecule has 0 amide bonds. The first kappa shape index (κ1) is 13.0. The van der Waals surface area contributed by atoms with E-state index in [1.54, 1.807) is 0 Å². The van der Waals surface area contributed by atoms with Crippen molar-refractivity contribution in [1.82, 2.24) is 5.43 Å². The van der Waals surface area contributed by atoms with Crippen LogP contribution in [-0.4, -0.2) is 6.04 Å². The fraction of sp³-hybridized carbons (Fsp3) is 0.538. The van der Waals surface area contributed by atoms with Gasteiger partial charge in [0.15, 0.2) is 0 Å². The van der Waals surface area contributed by atoms with E-state index in [9.17, 15) is 4.39 Å². The van der Waals surface area contributed by atoms with Gasteiger partial charge in [-0.2, -0.15) is 0 Å². The molecule has 17 heavy (non-hydrogen) atoms. The molecule has 0 aromatic heterocycles. The molecule has 1 aromatic rings. The van der Waals surface area contributed by atoms with Gasteiger partial charge in [0.1, 0.15) is 5.82 Å². The van der Waals surface area contributed by atoms with E-state index in [2.05, 4.69) is 21.4 Å². The van der Waals surface area contributed by atoms with Crippen molar-refractivity contribution in [3.63, 3.8) is 0 Å². The predicted octanol–water partition coefficient (Wildman–Crippen LogP) is 3.15. The van der Waals surface area contributed by atoms with Crippen LogP contribution in [0.2, 0.25) is 0 Å². The number of benzene rings is 1. The third kappa shape index (κ3) is 3.50. The molecule has 1 saturated carbocycles. The number of halogens is 2. The second-order valence-electron chi connectivity index (χ2n) is 4.84. The predicted molar refractivity (Wildman–Crippen MR) is 70.9 cm³/mol. The van der Waals surface area contributed by atoms with Gasteiger partial charge in [0.05, 0.1) is 0 Å². The molecule has 1 unspecified atom stereocenters. The highest BCUT2D eigenvalue weighted by Crippen LogP contribution is 2.31. The van der Waals surface area contributed by atoms with Crippen LogP contribution in [0.4, 0.5) is 4.39 Å². The van der Waals surface area contributed by atoms with Crippen molar-refractivity contribution < 1.29 is 4.39 Å². The van der Waals surface area contributed by atoms with Gasteiger partial charge >= 0.3 is 0 Å². The minimum Gasteiger partial charge on any atom is -0.271 e. The second kappa shape index (κ2) is 5.94. The number of hydrazine groups is 1. The van der Waals surface area contributed by atoms with Crippen LogP contribution in [0.25, 0.3) is 0 Å². The lowest BCUT2D eigenvalue weighted by molar-refractivity contribution is 0.259. The Morgan fingerprint density at radius 1 is 1.47 bits per heavy atom. The van der Waals surface area contributed by atoms with Crippen LogP contribution >= 0.6 is 15.9 Å². The van der Waals surface area contributed by atoms with Crippen molar-refractivity contribution in [2.24, 2.45) is 11.8 Å². The summed E-state index contributed by atoms with van der Waals surface area (Å²) in [5, 5.41) is 0. The average Bonchev–Trinajstić information content (AvgIpc) is 2.24. The Morgan fingerprint density at radius 3 is 2.76 bits per heavy atom. The summed E-state index contributed by atoms with van der Waals surface area (Å²) >= 11 is 3.39. The Labute approximate surface area is 110 Å². The summed E-state index contributed by atoms with van der Waals surface area (Å²) in [7, 11) is 0. The van der Waals surface area contributed by atoms with Crippen LogP contribution in [0.3, 0.4) is 0 Å². The largest absolute Gasteiger partial charge is 0.271 e. The molecule has 1 atom stereocenters. The third-order valence-corrected chi connectivity index (χ3v) is 4.30. The Hall–Kier alpha value is -0.450. The van der Waals surface area contributed by atoms with Crippen molar-refractivity contribution >= 4 is 15.9 Å². The first-order valence-corrected chi connectivity index (χ1v) is 6.88. The van der Waals surface area contributed by atoms with Crippen LogP contribution in [0, 0.1) is 11.7 Å². The molecule has 1 aliphatic rings. The monoisotopic (exact) mass is 300 g/mol. The van der Waals surface area contributed by atoms with E-state index in [0.717, 1.165) is 28.8 Å². The Kier molecular flexibility index (Phi) is 4.54. The van der Waals surface area contributed by atoms with Gasteiger partial charge in [0, 0.05) is 10.5 Å². The van der Waals surface area contributed by atoms with Crippen molar-refractivity contribution in [1.29, 1.82) is 0 Å². The maximum absolute atomic E-state index is 13.0. The lowest BCUT2D eigenvalue weighted by Gasteiger charge is -2.29. The number of rotatable bonds is 5. The zero-order valence-corrected chi connectivity index (χ0v) is 11.3. The summed E-state index contributed by atoms with van der Waals surface area (Å²) in [5.74, 6) is 6.19. The van der Waals surface area contributed by atoms with E-state index in [1.165, 1.54) is 31.4 Å². The fourth-order valence-electron chi connectivity index (χ4n) is 2.29. The highest BCUT2D eigenvalue weighted by molar-refractivity contribution is 9.10. The molecule has 0 radical (unpaired) electrons. The minimum absolute atomic E-state index is 0.211. The Morgan fingerprint density at radius 2 is 2.24 bits per heavy atom. The van der Waals surface area contributed by atoms with Crippen LogP contribution < -0.4 is 11.3 Å². The van der Waals surface area contributed by atoms with E-state index < -0.39 is 0 Å². The van der Waals surface area contributed by atoms with Gasteiger partial charge in [-0.05, 0) is 36.5 Å². The number of hydrogen-bond acceptors (Lipinski definition) is 2. The highest BCUT2D eigenvalue weighted by atomic mass is 79.9. The van der Waals surface area contributed by atoms with Crippen molar-refractivity contribution in [2.75, 3.05) is 0 Å². The molecule has 2 nitrogen and oxygen atoms in total. The lowest BCUT2D eigenvalue weighted by Crippen LogP contribution is -2.39. The second-order valence-corrected chi connectivity index (χ2v) is 5.69. The maximum Gasteiger partial charge on any atom is 0.124 e. The van der Waals surface area contributed by atoms with Crippen LogP contribution in [-0.2, 0) is 6.42 Å². The summed E-state index contributed by atoms with van der Waals surface area (Å²) in [6.07, 6.45) is 5.95. The molecule has 4 heteroatoms. The van der Waals surface area contributed by atoms with Gasteiger partial charge in [0.25, 0.3) is 0 Å². The molecule has 94 valence electrons.